The third-order valence-corrected chi connectivity index (χ3v) is 4.50. The molecule has 7 nitrogen and oxygen atoms in total. The van der Waals surface area contributed by atoms with Crippen LogP contribution in [0, 0.1) is 0 Å². The largest absolute Gasteiger partial charge is 0.465 e. The molecule has 0 N–H and O–H groups in total. The van der Waals surface area contributed by atoms with E-state index in [9.17, 15) is 19.2 Å². The van der Waals surface area contributed by atoms with Gasteiger partial charge in [0.25, 0.3) is 0 Å². The Balaban J connectivity index is 1.64. The summed E-state index contributed by atoms with van der Waals surface area (Å²) >= 11 is 0. The smallest absolute Gasteiger partial charge is 0.343 e. The van der Waals surface area contributed by atoms with Crippen LogP contribution in [0.2, 0.25) is 0 Å². The third-order valence-electron chi connectivity index (χ3n) is 4.50. The average Bonchev–Trinajstić information content (AvgIpc) is 2.83. The number of carbonyl (C=O) groups is 4. The first-order valence-electron chi connectivity index (χ1n) is 9.88. The molecule has 3 rings (SSSR count). The topological polar surface area (TPSA) is 96.0 Å². The molecular formula is C26H20O7. The molecule has 3 aromatic carbocycles. The van der Waals surface area contributed by atoms with Gasteiger partial charge in [-0.25, -0.2) is 14.4 Å². The second kappa shape index (κ2) is 10.7. The second-order valence-corrected chi connectivity index (χ2v) is 6.84. The van der Waals surface area contributed by atoms with Crippen molar-refractivity contribution in [1.82, 2.24) is 0 Å². The molecule has 0 aromatic heterocycles. The van der Waals surface area contributed by atoms with E-state index in [2.05, 4.69) is 4.74 Å². The number of ketones is 1. The van der Waals surface area contributed by atoms with Crippen LogP contribution in [0.15, 0.2) is 78.9 Å². The van der Waals surface area contributed by atoms with E-state index >= 15 is 0 Å². The van der Waals surface area contributed by atoms with Crippen molar-refractivity contribution in [2.24, 2.45) is 0 Å². The molecule has 0 radical (unpaired) electrons. The SMILES string of the molecule is COC(=O)c1ccc(OC(=O)C=Cc2ccc(OC(=O)c3ccccc3)cc2)c(C(C)=O)c1. The third kappa shape index (κ3) is 6.24. The van der Waals surface area contributed by atoms with Gasteiger partial charge in [-0.2, -0.15) is 0 Å². The highest BCUT2D eigenvalue weighted by molar-refractivity contribution is 6.01. The Hall–Kier alpha value is -4.52. The number of benzene rings is 3. The van der Waals surface area contributed by atoms with Crippen LogP contribution >= 0.6 is 0 Å². The molecule has 0 spiro atoms. The number of carbonyl (C=O) groups excluding carboxylic acids is 4. The first-order chi connectivity index (χ1) is 15.9. The number of methoxy groups -OCH3 is 1. The molecular weight excluding hydrogens is 424 g/mol. The first-order valence-corrected chi connectivity index (χ1v) is 9.88. The lowest BCUT2D eigenvalue weighted by Gasteiger charge is -2.08. The lowest BCUT2D eigenvalue weighted by atomic mass is 10.1. The maximum absolute atomic E-state index is 12.2. The molecule has 166 valence electrons. The molecule has 0 bridgehead atoms. The number of ether oxygens (including phenoxy) is 3. The van der Waals surface area contributed by atoms with Crippen LogP contribution in [0.4, 0.5) is 0 Å². The second-order valence-electron chi connectivity index (χ2n) is 6.84. The van der Waals surface area contributed by atoms with Crippen LogP contribution < -0.4 is 9.47 Å². The van der Waals surface area contributed by atoms with Crippen LogP contribution in [-0.2, 0) is 9.53 Å². The highest BCUT2D eigenvalue weighted by atomic mass is 16.5. The minimum absolute atomic E-state index is 0.0352. The zero-order valence-corrected chi connectivity index (χ0v) is 17.9. The number of rotatable bonds is 7. The van der Waals surface area contributed by atoms with Gasteiger partial charge < -0.3 is 14.2 Å². The van der Waals surface area contributed by atoms with E-state index in [1.165, 1.54) is 44.4 Å². The molecule has 0 aliphatic rings. The molecule has 0 atom stereocenters. The molecule has 0 saturated carbocycles. The predicted molar refractivity (Wildman–Crippen MR) is 120 cm³/mol. The fourth-order valence-electron chi connectivity index (χ4n) is 2.83. The summed E-state index contributed by atoms with van der Waals surface area (Å²) in [5.74, 6) is -1.75. The van der Waals surface area contributed by atoms with Gasteiger partial charge in [0.1, 0.15) is 11.5 Å². The van der Waals surface area contributed by atoms with E-state index in [0.717, 1.165) is 0 Å². The zero-order valence-electron chi connectivity index (χ0n) is 17.9. The van der Waals surface area contributed by atoms with Crippen molar-refractivity contribution >= 4 is 29.8 Å². The molecule has 0 fully saturated rings. The average molecular weight is 444 g/mol. The lowest BCUT2D eigenvalue weighted by molar-refractivity contribution is -0.128. The van der Waals surface area contributed by atoms with Crippen molar-refractivity contribution in [3.63, 3.8) is 0 Å². The zero-order chi connectivity index (χ0) is 23.8. The van der Waals surface area contributed by atoms with Crippen molar-refractivity contribution in [3.8, 4) is 11.5 Å². The molecule has 0 amide bonds. The molecule has 0 aliphatic heterocycles. The van der Waals surface area contributed by atoms with Gasteiger partial charge in [-0.1, -0.05) is 30.3 Å². The maximum Gasteiger partial charge on any atom is 0.343 e. The van der Waals surface area contributed by atoms with Crippen LogP contribution in [0.3, 0.4) is 0 Å². The molecule has 33 heavy (non-hydrogen) atoms. The molecule has 0 unspecified atom stereocenters. The summed E-state index contributed by atoms with van der Waals surface area (Å²) < 4.78 is 15.2. The van der Waals surface area contributed by atoms with E-state index in [0.29, 0.717) is 16.9 Å². The van der Waals surface area contributed by atoms with Gasteiger partial charge >= 0.3 is 17.9 Å². The number of hydrogen-bond donors (Lipinski definition) is 0. The maximum atomic E-state index is 12.2. The van der Waals surface area contributed by atoms with E-state index in [1.54, 1.807) is 54.6 Å². The van der Waals surface area contributed by atoms with Crippen molar-refractivity contribution in [3.05, 3.63) is 101 Å². The summed E-state index contributed by atoms with van der Waals surface area (Å²) in [6, 6.07) is 19.2. The van der Waals surface area contributed by atoms with Crippen molar-refractivity contribution in [2.45, 2.75) is 6.92 Å². The van der Waals surface area contributed by atoms with E-state index < -0.39 is 17.9 Å². The lowest BCUT2D eigenvalue weighted by Crippen LogP contribution is -2.09. The van der Waals surface area contributed by atoms with Gasteiger partial charge in [0.15, 0.2) is 5.78 Å². The molecule has 0 saturated heterocycles. The van der Waals surface area contributed by atoms with Crippen LogP contribution in [0.25, 0.3) is 6.08 Å². The van der Waals surface area contributed by atoms with Crippen molar-refractivity contribution < 1.29 is 33.4 Å². The minimum Gasteiger partial charge on any atom is -0.465 e. The van der Waals surface area contributed by atoms with Gasteiger partial charge in [-0.05, 0) is 61.0 Å². The van der Waals surface area contributed by atoms with E-state index in [-0.39, 0.29) is 22.7 Å². The summed E-state index contributed by atoms with van der Waals surface area (Å²) in [6.07, 6.45) is 2.71. The van der Waals surface area contributed by atoms with Crippen molar-refractivity contribution in [1.29, 1.82) is 0 Å². The minimum atomic E-state index is -0.706. The number of esters is 3. The molecule has 7 heteroatoms. The van der Waals surface area contributed by atoms with E-state index in [4.69, 9.17) is 9.47 Å². The number of Topliss-reactive ketones (excluding diaryl/α,β-unsaturated/α-hetero) is 1. The summed E-state index contributed by atoms with van der Waals surface area (Å²) in [5.41, 5.74) is 1.36. The normalized spacial score (nSPS) is 10.5. The monoisotopic (exact) mass is 444 g/mol. The predicted octanol–water partition coefficient (Wildman–Crippen LogP) is 4.51. The van der Waals surface area contributed by atoms with Crippen LogP contribution in [-0.4, -0.2) is 30.8 Å². The standard InChI is InChI=1S/C26H20O7/c1-17(27)22-16-20(25(29)31-2)11-14-23(22)33-24(28)15-10-18-8-12-21(13-9-18)32-26(30)19-6-4-3-5-7-19/h3-16H,1-2H3. The molecule has 0 aliphatic carbocycles. The molecule has 3 aromatic rings. The molecule has 0 heterocycles. The van der Waals surface area contributed by atoms with Gasteiger partial charge in [0, 0.05) is 6.08 Å². The summed E-state index contributed by atoms with van der Waals surface area (Å²) in [5, 5.41) is 0. The number of hydrogen-bond acceptors (Lipinski definition) is 7. The highest BCUT2D eigenvalue weighted by Crippen LogP contribution is 2.22. The Morgan fingerprint density at radius 3 is 2.09 bits per heavy atom. The summed E-state index contributed by atoms with van der Waals surface area (Å²) in [4.78, 5) is 47.9. The summed E-state index contributed by atoms with van der Waals surface area (Å²) in [6.45, 7) is 1.30. The highest BCUT2D eigenvalue weighted by Gasteiger charge is 2.15. The van der Waals surface area contributed by atoms with Crippen molar-refractivity contribution in [2.75, 3.05) is 7.11 Å². The van der Waals surface area contributed by atoms with Gasteiger partial charge in [-0.15, -0.1) is 0 Å². The Kier molecular flexibility index (Phi) is 7.49. The van der Waals surface area contributed by atoms with E-state index in [1.807, 2.05) is 0 Å². The quantitative estimate of drug-likeness (QED) is 0.229. The van der Waals surface area contributed by atoms with Gasteiger partial charge in [0.2, 0.25) is 0 Å². The van der Waals surface area contributed by atoms with Gasteiger partial charge in [-0.3, -0.25) is 4.79 Å². The Morgan fingerprint density at radius 1 is 0.758 bits per heavy atom. The van der Waals surface area contributed by atoms with Crippen LogP contribution in [0.1, 0.15) is 43.6 Å². The Morgan fingerprint density at radius 2 is 1.45 bits per heavy atom. The Labute approximate surface area is 190 Å². The summed E-state index contributed by atoms with van der Waals surface area (Å²) in [7, 11) is 1.23. The van der Waals surface area contributed by atoms with Gasteiger partial charge in [0.05, 0.1) is 23.8 Å². The first kappa shape index (κ1) is 23.1. The fourth-order valence-corrected chi connectivity index (χ4v) is 2.83. The van der Waals surface area contributed by atoms with Crippen LogP contribution in [0.5, 0.6) is 11.5 Å². The Bertz CT molecular complexity index is 1210. The fraction of sp³-hybridized carbons (Fsp3) is 0.0769.